The molecule has 28 heavy (non-hydrogen) atoms. The summed E-state index contributed by atoms with van der Waals surface area (Å²) in [4.78, 5) is 12.0. The molecule has 2 aromatic rings. The Morgan fingerprint density at radius 2 is 1.86 bits per heavy atom. The predicted molar refractivity (Wildman–Crippen MR) is 114 cm³/mol. The SMILES string of the molecule is Cc1c(CN[C@@H]2CCC[C@H](C)[C@H]2C)c(C(=O)O)c(C)n1Cc1ccc(Cl)cc1. The molecule has 1 aliphatic carbocycles. The second-order valence-electron chi connectivity index (χ2n) is 8.30. The van der Waals surface area contributed by atoms with Crippen LogP contribution < -0.4 is 5.32 Å². The molecule has 0 saturated heterocycles. The van der Waals surface area contributed by atoms with Crippen LogP contribution in [0.25, 0.3) is 0 Å². The Bertz CT molecular complexity index is 841. The summed E-state index contributed by atoms with van der Waals surface area (Å²) in [6.07, 6.45) is 3.69. The van der Waals surface area contributed by atoms with Crippen LogP contribution in [0.3, 0.4) is 0 Å². The molecule has 4 nitrogen and oxygen atoms in total. The molecule has 3 rings (SSSR count). The summed E-state index contributed by atoms with van der Waals surface area (Å²) in [5.41, 5.74) is 4.28. The van der Waals surface area contributed by atoms with E-state index in [2.05, 4.69) is 23.7 Å². The standard InChI is InChI=1S/C23H31ClN2O2/c1-14-6-5-7-21(15(14)2)25-12-20-16(3)26(17(4)22(20)23(27)28)13-18-8-10-19(24)11-9-18/h8-11,14-15,21,25H,5-7,12-13H2,1-4H3,(H,27,28)/t14-,15+,21+/m0/s1. The molecule has 1 fully saturated rings. The van der Waals surface area contributed by atoms with Gasteiger partial charge in [0, 0.05) is 41.1 Å². The van der Waals surface area contributed by atoms with E-state index in [1.165, 1.54) is 12.8 Å². The van der Waals surface area contributed by atoms with Crippen molar-refractivity contribution in [2.24, 2.45) is 11.8 Å². The van der Waals surface area contributed by atoms with E-state index in [4.69, 9.17) is 11.6 Å². The van der Waals surface area contributed by atoms with Crippen molar-refractivity contribution in [2.45, 2.75) is 66.1 Å². The molecule has 0 amide bonds. The summed E-state index contributed by atoms with van der Waals surface area (Å²) >= 11 is 5.99. The Labute approximate surface area is 172 Å². The normalized spacial score (nSPS) is 22.4. The van der Waals surface area contributed by atoms with Crippen molar-refractivity contribution in [2.75, 3.05) is 0 Å². The minimum atomic E-state index is -0.850. The number of hydrogen-bond donors (Lipinski definition) is 2. The van der Waals surface area contributed by atoms with Crippen molar-refractivity contribution in [3.05, 3.63) is 57.4 Å². The highest BCUT2D eigenvalue weighted by Gasteiger charge is 2.28. The number of benzene rings is 1. The topological polar surface area (TPSA) is 54.3 Å². The number of rotatable bonds is 6. The fraction of sp³-hybridized carbons (Fsp3) is 0.522. The number of carboxylic acid groups (broad SMARTS) is 1. The van der Waals surface area contributed by atoms with Gasteiger partial charge in [-0.05, 0) is 49.8 Å². The highest BCUT2D eigenvalue weighted by Crippen LogP contribution is 2.30. The van der Waals surface area contributed by atoms with Gasteiger partial charge in [-0.15, -0.1) is 0 Å². The van der Waals surface area contributed by atoms with Crippen LogP contribution in [-0.2, 0) is 13.1 Å². The number of aromatic nitrogens is 1. The van der Waals surface area contributed by atoms with E-state index in [1.54, 1.807) is 0 Å². The molecule has 152 valence electrons. The van der Waals surface area contributed by atoms with Crippen molar-refractivity contribution in [1.29, 1.82) is 0 Å². The maximum Gasteiger partial charge on any atom is 0.337 e. The molecule has 0 aliphatic heterocycles. The number of nitrogens with one attached hydrogen (secondary N) is 1. The van der Waals surface area contributed by atoms with E-state index in [-0.39, 0.29) is 0 Å². The summed E-state index contributed by atoms with van der Waals surface area (Å²) in [6, 6.07) is 8.17. The second kappa shape index (κ2) is 8.71. The van der Waals surface area contributed by atoms with E-state index in [1.807, 2.05) is 38.1 Å². The first-order chi connectivity index (χ1) is 13.3. The van der Waals surface area contributed by atoms with Gasteiger partial charge in [0.25, 0.3) is 0 Å². The van der Waals surface area contributed by atoms with Gasteiger partial charge in [0.2, 0.25) is 0 Å². The van der Waals surface area contributed by atoms with Gasteiger partial charge in [0.1, 0.15) is 0 Å². The Hall–Kier alpha value is -1.78. The molecule has 1 heterocycles. The molecule has 5 heteroatoms. The lowest BCUT2D eigenvalue weighted by Crippen LogP contribution is -2.40. The molecule has 0 spiro atoms. The number of hydrogen-bond acceptors (Lipinski definition) is 2. The van der Waals surface area contributed by atoms with Gasteiger partial charge in [0.15, 0.2) is 0 Å². The third-order valence-electron chi connectivity index (χ3n) is 6.63. The molecule has 0 bridgehead atoms. The largest absolute Gasteiger partial charge is 0.478 e. The highest BCUT2D eigenvalue weighted by atomic mass is 35.5. The van der Waals surface area contributed by atoms with E-state index < -0.39 is 5.97 Å². The van der Waals surface area contributed by atoms with E-state index in [0.717, 1.165) is 28.9 Å². The summed E-state index contributed by atoms with van der Waals surface area (Å²) in [6.45, 7) is 9.80. The van der Waals surface area contributed by atoms with Gasteiger partial charge in [-0.25, -0.2) is 4.79 Å². The summed E-state index contributed by atoms with van der Waals surface area (Å²) < 4.78 is 2.11. The predicted octanol–water partition coefficient (Wildman–Crippen LogP) is 5.42. The minimum Gasteiger partial charge on any atom is -0.478 e. The van der Waals surface area contributed by atoms with Gasteiger partial charge >= 0.3 is 5.97 Å². The highest BCUT2D eigenvalue weighted by molar-refractivity contribution is 6.30. The Balaban J connectivity index is 1.85. The van der Waals surface area contributed by atoms with Crippen LogP contribution in [-0.4, -0.2) is 21.7 Å². The number of carbonyl (C=O) groups is 1. The van der Waals surface area contributed by atoms with Crippen molar-refractivity contribution >= 4 is 17.6 Å². The van der Waals surface area contributed by atoms with Crippen LogP contribution in [0.15, 0.2) is 24.3 Å². The fourth-order valence-corrected chi connectivity index (χ4v) is 4.69. The lowest BCUT2D eigenvalue weighted by atomic mass is 9.78. The number of nitrogens with zero attached hydrogens (tertiary/aromatic N) is 1. The summed E-state index contributed by atoms with van der Waals surface area (Å²) in [5.74, 6) is 0.472. The maximum absolute atomic E-state index is 12.0. The molecule has 0 unspecified atom stereocenters. The van der Waals surface area contributed by atoms with Crippen LogP contribution in [0.4, 0.5) is 0 Å². The van der Waals surface area contributed by atoms with Crippen LogP contribution in [0, 0.1) is 25.7 Å². The molecular weight excluding hydrogens is 372 g/mol. The molecule has 1 aromatic carbocycles. The Morgan fingerprint density at radius 3 is 2.50 bits per heavy atom. The minimum absolute atomic E-state index is 0.440. The van der Waals surface area contributed by atoms with E-state index in [0.29, 0.717) is 41.6 Å². The lowest BCUT2D eigenvalue weighted by Gasteiger charge is -2.34. The van der Waals surface area contributed by atoms with Crippen molar-refractivity contribution in [3.8, 4) is 0 Å². The van der Waals surface area contributed by atoms with Gasteiger partial charge < -0.3 is 15.0 Å². The zero-order valence-electron chi connectivity index (χ0n) is 17.3. The van der Waals surface area contributed by atoms with Crippen LogP contribution in [0.2, 0.25) is 5.02 Å². The van der Waals surface area contributed by atoms with Crippen molar-refractivity contribution in [3.63, 3.8) is 0 Å². The third-order valence-corrected chi connectivity index (χ3v) is 6.88. The average molecular weight is 403 g/mol. The van der Waals surface area contributed by atoms with Crippen molar-refractivity contribution in [1.82, 2.24) is 9.88 Å². The molecule has 3 atom stereocenters. The molecule has 1 aromatic heterocycles. The van der Waals surface area contributed by atoms with Crippen molar-refractivity contribution < 1.29 is 9.90 Å². The zero-order chi connectivity index (χ0) is 20.4. The first-order valence-electron chi connectivity index (χ1n) is 10.2. The van der Waals surface area contributed by atoms with E-state index >= 15 is 0 Å². The monoisotopic (exact) mass is 402 g/mol. The summed E-state index contributed by atoms with van der Waals surface area (Å²) in [5, 5.41) is 14.2. The van der Waals surface area contributed by atoms with Gasteiger partial charge in [-0.2, -0.15) is 0 Å². The van der Waals surface area contributed by atoms with Gasteiger partial charge in [-0.1, -0.05) is 50.4 Å². The average Bonchev–Trinajstić information content (AvgIpc) is 2.89. The molecule has 0 radical (unpaired) electrons. The molecular formula is C23H31ClN2O2. The quantitative estimate of drug-likeness (QED) is 0.678. The van der Waals surface area contributed by atoms with Crippen LogP contribution in [0.5, 0.6) is 0 Å². The third kappa shape index (κ3) is 4.28. The molecule has 1 aliphatic rings. The van der Waals surface area contributed by atoms with Crippen LogP contribution >= 0.6 is 11.6 Å². The summed E-state index contributed by atoms with van der Waals surface area (Å²) in [7, 11) is 0. The zero-order valence-corrected chi connectivity index (χ0v) is 18.0. The first kappa shape index (κ1) is 20.9. The number of carboxylic acids is 1. The smallest absolute Gasteiger partial charge is 0.337 e. The van der Waals surface area contributed by atoms with Gasteiger partial charge in [0.05, 0.1) is 5.56 Å². The second-order valence-corrected chi connectivity index (χ2v) is 8.73. The fourth-order valence-electron chi connectivity index (χ4n) is 4.56. The number of halogens is 1. The van der Waals surface area contributed by atoms with E-state index in [9.17, 15) is 9.90 Å². The number of aromatic carboxylic acids is 1. The lowest BCUT2D eigenvalue weighted by molar-refractivity contribution is 0.0694. The van der Waals surface area contributed by atoms with Gasteiger partial charge in [-0.3, -0.25) is 0 Å². The Kier molecular flexibility index (Phi) is 6.51. The first-order valence-corrected chi connectivity index (χ1v) is 10.6. The van der Waals surface area contributed by atoms with Crippen LogP contribution in [0.1, 0.15) is 66.0 Å². The molecule has 1 saturated carbocycles. The molecule has 2 N–H and O–H groups in total. The Morgan fingerprint density at radius 1 is 1.18 bits per heavy atom. The maximum atomic E-state index is 12.0.